The maximum atomic E-state index is 11.2. The van der Waals surface area contributed by atoms with Crippen molar-refractivity contribution in [1.82, 2.24) is 9.97 Å². The van der Waals surface area contributed by atoms with E-state index in [-0.39, 0.29) is 11.8 Å². The monoisotopic (exact) mass is 351 g/mol. The molecule has 1 heterocycles. The Morgan fingerprint density at radius 3 is 2.50 bits per heavy atom. The molecule has 0 unspecified atom stereocenters. The third-order valence-electron chi connectivity index (χ3n) is 3.03. The van der Waals surface area contributed by atoms with Crippen LogP contribution in [0.5, 0.6) is 0 Å². The second kappa shape index (κ2) is 6.67. The average molecular weight is 352 g/mol. The molecule has 0 saturated heterocycles. The minimum atomic E-state index is -1.45. The van der Waals surface area contributed by atoms with Gasteiger partial charge in [0.25, 0.3) is 0 Å². The zero-order chi connectivity index (χ0) is 17.9. The summed E-state index contributed by atoms with van der Waals surface area (Å²) < 4.78 is 0. The van der Waals surface area contributed by atoms with E-state index in [9.17, 15) is 14.9 Å². The number of benzene rings is 1. The number of nitro groups is 1. The fraction of sp³-hybridized carbons (Fsp3) is 0.214. The fourth-order valence-corrected chi connectivity index (χ4v) is 1.80. The van der Waals surface area contributed by atoms with Gasteiger partial charge in [-0.05, 0) is 38.1 Å². The summed E-state index contributed by atoms with van der Waals surface area (Å²) in [6.07, 6.45) is 1.01. The first-order valence-electron chi connectivity index (χ1n) is 6.74. The van der Waals surface area contributed by atoms with Crippen LogP contribution in [-0.2, 0) is 4.79 Å². The number of aliphatic carboxylic acids is 1. The van der Waals surface area contributed by atoms with Crippen LogP contribution in [0.25, 0.3) is 0 Å². The molecule has 0 saturated carbocycles. The molecule has 1 aromatic carbocycles. The SMILES string of the molecule is CC(C)(Nc1nc(Nc2ccc(Cl)cc2)ncc1[N+](=O)[O-])C(=O)O. The standard InChI is InChI=1S/C14H14ClN5O4/c1-14(2,12(21)22)19-11-10(20(23)24)7-16-13(18-11)17-9-5-3-8(15)4-6-9/h3-7H,1-2H3,(H,21,22)(H2,16,17,18,19). The molecule has 2 rings (SSSR count). The highest BCUT2D eigenvalue weighted by Crippen LogP contribution is 2.26. The van der Waals surface area contributed by atoms with Gasteiger partial charge < -0.3 is 15.7 Å². The van der Waals surface area contributed by atoms with E-state index in [1.807, 2.05) is 0 Å². The van der Waals surface area contributed by atoms with Crippen LogP contribution in [0.4, 0.5) is 23.1 Å². The topological polar surface area (TPSA) is 130 Å². The lowest BCUT2D eigenvalue weighted by Crippen LogP contribution is -2.40. The fourth-order valence-electron chi connectivity index (χ4n) is 1.67. The molecule has 126 valence electrons. The highest BCUT2D eigenvalue weighted by atomic mass is 35.5. The third kappa shape index (κ3) is 4.07. The molecule has 1 aromatic heterocycles. The summed E-state index contributed by atoms with van der Waals surface area (Å²) in [4.78, 5) is 29.5. The van der Waals surface area contributed by atoms with Crippen molar-refractivity contribution in [1.29, 1.82) is 0 Å². The minimum absolute atomic E-state index is 0.0756. The molecule has 0 bridgehead atoms. The number of rotatable bonds is 6. The van der Waals surface area contributed by atoms with Crippen molar-refractivity contribution in [3.63, 3.8) is 0 Å². The molecule has 0 radical (unpaired) electrons. The first kappa shape index (κ1) is 17.4. The van der Waals surface area contributed by atoms with Crippen LogP contribution in [0.1, 0.15) is 13.8 Å². The Bertz CT molecular complexity index is 779. The minimum Gasteiger partial charge on any atom is -0.480 e. The largest absolute Gasteiger partial charge is 0.480 e. The Balaban J connectivity index is 2.35. The van der Waals surface area contributed by atoms with Crippen LogP contribution in [0.2, 0.25) is 5.02 Å². The summed E-state index contributed by atoms with van der Waals surface area (Å²) in [5.74, 6) is -1.30. The average Bonchev–Trinajstić information content (AvgIpc) is 2.49. The Kier molecular flexibility index (Phi) is 4.84. The summed E-state index contributed by atoms with van der Waals surface area (Å²) >= 11 is 5.80. The first-order chi connectivity index (χ1) is 11.2. The number of carboxylic acid groups (broad SMARTS) is 1. The lowest BCUT2D eigenvalue weighted by atomic mass is 10.1. The van der Waals surface area contributed by atoms with Gasteiger partial charge in [0.05, 0.1) is 4.92 Å². The summed E-state index contributed by atoms with van der Waals surface area (Å²) in [6, 6.07) is 6.67. The van der Waals surface area contributed by atoms with E-state index in [0.29, 0.717) is 10.7 Å². The smallest absolute Gasteiger partial charge is 0.329 e. The molecule has 0 fully saturated rings. The number of anilines is 3. The molecule has 0 spiro atoms. The van der Waals surface area contributed by atoms with Crippen molar-refractivity contribution in [2.45, 2.75) is 19.4 Å². The zero-order valence-electron chi connectivity index (χ0n) is 12.8. The van der Waals surface area contributed by atoms with Gasteiger partial charge in [-0.1, -0.05) is 11.6 Å². The van der Waals surface area contributed by atoms with Gasteiger partial charge in [-0.25, -0.2) is 9.78 Å². The Morgan fingerprint density at radius 2 is 1.96 bits per heavy atom. The molecule has 2 aromatic rings. The third-order valence-corrected chi connectivity index (χ3v) is 3.28. The predicted octanol–water partition coefficient (Wildman–Crippen LogP) is 3.06. The van der Waals surface area contributed by atoms with Crippen LogP contribution < -0.4 is 10.6 Å². The van der Waals surface area contributed by atoms with Gasteiger partial charge in [-0.3, -0.25) is 10.1 Å². The quantitative estimate of drug-likeness (QED) is 0.534. The van der Waals surface area contributed by atoms with Crippen molar-refractivity contribution in [3.8, 4) is 0 Å². The number of aromatic nitrogens is 2. The summed E-state index contributed by atoms with van der Waals surface area (Å²) in [5.41, 5.74) is -1.25. The zero-order valence-corrected chi connectivity index (χ0v) is 13.5. The summed E-state index contributed by atoms with van der Waals surface area (Å²) in [5, 5.41) is 26.2. The number of nitrogens with zero attached hydrogens (tertiary/aromatic N) is 3. The van der Waals surface area contributed by atoms with Crippen molar-refractivity contribution >= 4 is 40.7 Å². The van der Waals surface area contributed by atoms with Gasteiger partial charge in [0.1, 0.15) is 11.7 Å². The lowest BCUT2D eigenvalue weighted by molar-refractivity contribution is -0.384. The van der Waals surface area contributed by atoms with Gasteiger partial charge in [0.15, 0.2) is 0 Å². The Labute approximate surface area is 141 Å². The van der Waals surface area contributed by atoms with Crippen LogP contribution in [0, 0.1) is 10.1 Å². The summed E-state index contributed by atoms with van der Waals surface area (Å²) in [6.45, 7) is 2.74. The van der Waals surface area contributed by atoms with E-state index in [2.05, 4.69) is 20.6 Å². The molecule has 3 N–H and O–H groups in total. The van der Waals surface area contributed by atoms with Crippen LogP contribution >= 0.6 is 11.6 Å². The van der Waals surface area contributed by atoms with Crippen molar-refractivity contribution in [3.05, 3.63) is 45.6 Å². The molecule has 0 atom stereocenters. The van der Waals surface area contributed by atoms with Crippen LogP contribution in [0.15, 0.2) is 30.5 Å². The predicted molar refractivity (Wildman–Crippen MR) is 88.8 cm³/mol. The molecular formula is C14H14ClN5O4. The Hall–Kier alpha value is -2.94. The summed E-state index contributed by atoms with van der Waals surface area (Å²) in [7, 11) is 0. The molecule has 0 aliphatic rings. The van der Waals surface area contributed by atoms with E-state index >= 15 is 0 Å². The number of carboxylic acids is 1. The van der Waals surface area contributed by atoms with Crippen molar-refractivity contribution in [2.75, 3.05) is 10.6 Å². The van der Waals surface area contributed by atoms with Gasteiger partial charge in [0, 0.05) is 10.7 Å². The van der Waals surface area contributed by atoms with E-state index < -0.39 is 22.1 Å². The lowest BCUT2D eigenvalue weighted by Gasteiger charge is -2.21. The number of halogens is 1. The molecule has 0 aliphatic carbocycles. The first-order valence-corrected chi connectivity index (χ1v) is 7.12. The number of carbonyl (C=O) groups is 1. The highest BCUT2D eigenvalue weighted by molar-refractivity contribution is 6.30. The molecule has 0 amide bonds. The molecular weight excluding hydrogens is 338 g/mol. The highest BCUT2D eigenvalue weighted by Gasteiger charge is 2.31. The number of nitrogens with one attached hydrogen (secondary N) is 2. The van der Waals surface area contributed by atoms with Crippen LogP contribution in [0.3, 0.4) is 0 Å². The molecule has 24 heavy (non-hydrogen) atoms. The van der Waals surface area contributed by atoms with Gasteiger partial charge in [-0.2, -0.15) is 4.98 Å². The number of hydrogen-bond acceptors (Lipinski definition) is 7. The molecule has 10 heteroatoms. The van der Waals surface area contributed by atoms with Crippen LogP contribution in [-0.4, -0.2) is 31.5 Å². The van der Waals surface area contributed by atoms with E-state index in [0.717, 1.165) is 6.20 Å². The Morgan fingerprint density at radius 1 is 1.33 bits per heavy atom. The maximum Gasteiger partial charge on any atom is 0.329 e. The van der Waals surface area contributed by atoms with Gasteiger partial charge >= 0.3 is 11.7 Å². The molecule has 0 aliphatic heterocycles. The van der Waals surface area contributed by atoms with E-state index in [1.165, 1.54) is 13.8 Å². The maximum absolute atomic E-state index is 11.2. The second-order valence-corrected chi connectivity index (χ2v) is 5.81. The van der Waals surface area contributed by atoms with E-state index in [1.54, 1.807) is 24.3 Å². The van der Waals surface area contributed by atoms with Gasteiger partial charge in [-0.15, -0.1) is 0 Å². The normalized spacial score (nSPS) is 11.0. The number of hydrogen-bond donors (Lipinski definition) is 3. The molecule has 9 nitrogen and oxygen atoms in total. The van der Waals surface area contributed by atoms with Gasteiger partial charge in [0.2, 0.25) is 11.8 Å². The van der Waals surface area contributed by atoms with Crippen molar-refractivity contribution < 1.29 is 14.8 Å². The van der Waals surface area contributed by atoms with Crippen molar-refractivity contribution in [2.24, 2.45) is 0 Å². The second-order valence-electron chi connectivity index (χ2n) is 5.37. The van der Waals surface area contributed by atoms with E-state index in [4.69, 9.17) is 16.7 Å².